The van der Waals surface area contributed by atoms with Gasteiger partial charge in [0.1, 0.15) is 0 Å². The van der Waals surface area contributed by atoms with Gasteiger partial charge in [-0.05, 0) is 59.4 Å². The van der Waals surface area contributed by atoms with Gasteiger partial charge in [-0.2, -0.15) is 0 Å². The van der Waals surface area contributed by atoms with E-state index in [1.807, 2.05) is 12.1 Å². The Morgan fingerprint density at radius 1 is 0.645 bits per heavy atom. The number of benzene rings is 3. The SMILES string of the molecule is C1=C=C(c2ccccc2NC2=CC=C(c3ccccc3)CC2)C(c2ccccc2)=CC=1. The van der Waals surface area contributed by atoms with Crippen LogP contribution in [0, 0.1) is 0 Å². The molecule has 0 fully saturated rings. The molecule has 1 nitrogen and oxygen atoms in total. The predicted molar refractivity (Wildman–Crippen MR) is 131 cm³/mol. The Hall–Kier alpha value is -4.02. The van der Waals surface area contributed by atoms with E-state index in [0.717, 1.165) is 35.2 Å². The maximum atomic E-state index is 3.68. The molecule has 0 heterocycles. The lowest BCUT2D eigenvalue weighted by Crippen LogP contribution is -2.05. The minimum Gasteiger partial charge on any atom is -0.358 e. The summed E-state index contributed by atoms with van der Waals surface area (Å²) in [5.74, 6) is 0. The molecule has 0 aromatic heterocycles. The molecule has 1 N–H and O–H groups in total. The van der Waals surface area contributed by atoms with Crippen molar-refractivity contribution in [2.45, 2.75) is 12.8 Å². The molecule has 5 rings (SSSR count). The van der Waals surface area contributed by atoms with E-state index in [0.29, 0.717) is 0 Å². The van der Waals surface area contributed by atoms with Crippen LogP contribution in [0.25, 0.3) is 16.7 Å². The highest BCUT2D eigenvalue weighted by Gasteiger charge is 2.16. The summed E-state index contributed by atoms with van der Waals surface area (Å²) in [6.45, 7) is 0. The van der Waals surface area contributed by atoms with Crippen molar-refractivity contribution in [3.05, 3.63) is 143 Å². The first-order chi connectivity index (χ1) is 15.4. The van der Waals surface area contributed by atoms with Crippen molar-refractivity contribution < 1.29 is 0 Å². The van der Waals surface area contributed by atoms with Gasteiger partial charge in [-0.25, -0.2) is 0 Å². The van der Waals surface area contributed by atoms with Crippen LogP contribution in [-0.4, -0.2) is 0 Å². The van der Waals surface area contributed by atoms with Crippen LogP contribution in [0.5, 0.6) is 0 Å². The summed E-state index contributed by atoms with van der Waals surface area (Å²) in [7, 11) is 0. The van der Waals surface area contributed by atoms with Crippen molar-refractivity contribution in [1.29, 1.82) is 0 Å². The summed E-state index contributed by atoms with van der Waals surface area (Å²) < 4.78 is 0. The molecular weight excluding hydrogens is 374 g/mol. The van der Waals surface area contributed by atoms with E-state index in [-0.39, 0.29) is 0 Å². The normalized spacial score (nSPS) is 15.0. The molecule has 0 unspecified atom stereocenters. The standard InChI is InChI=1S/C30H23N/c1-3-11-23(12-4-1)24-19-21-26(22-20-24)31-30-18-10-9-17-29(30)28-16-8-7-15-27(28)25-13-5-2-6-14-25/h1-7,9-15,17-19,21,31H,20,22H2. The van der Waals surface area contributed by atoms with Gasteiger partial charge >= 0.3 is 0 Å². The van der Waals surface area contributed by atoms with Crippen LogP contribution in [-0.2, 0) is 0 Å². The zero-order valence-corrected chi connectivity index (χ0v) is 17.3. The molecular formula is C30H23N. The van der Waals surface area contributed by atoms with Crippen molar-refractivity contribution in [3.63, 3.8) is 0 Å². The van der Waals surface area contributed by atoms with Gasteiger partial charge in [-0.15, -0.1) is 0 Å². The molecule has 0 atom stereocenters. The van der Waals surface area contributed by atoms with Crippen LogP contribution >= 0.6 is 0 Å². The minimum atomic E-state index is 0.991. The van der Waals surface area contributed by atoms with E-state index in [9.17, 15) is 0 Å². The van der Waals surface area contributed by atoms with E-state index in [1.165, 1.54) is 22.4 Å². The third-order valence-corrected chi connectivity index (χ3v) is 5.67. The van der Waals surface area contributed by atoms with E-state index < -0.39 is 0 Å². The summed E-state index contributed by atoms with van der Waals surface area (Å²) in [5, 5.41) is 3.68. The summed E-state index contributed by atoms with van der Waals surface area (Å²) in [6, 6.07) is 29.6. The van der Waals surface area contributed by atoms with Gasteiger partial charge in [0.05, 0.1) is 0 Å². The highest BCUT2D eigenvalue weighted by atomic mass is 14.9. The van der Waals surface area contributed by atoms with Crippen molar-refractivity contribution >= 4 is 22.4 Å². The fourth-order valence-corrected chi connectivity index (χ4v) is 4.08. The molecule has 0 saturated carbocycles. The average molecular weight is 398 g/mol. The van der Waals surface area contributed by atoms with Crippen molar-refractivity contribution in [3.8, 4) is 0 Å². The molecule has 0 amide bonds. The molecule has 0 bridgehead atoms. The molecule has 3 aromatic carbocycles. The smallest absolute Gasteiger partial charge is 0.0468 e. The molecule has 31 heavy (non-hydrogen) atoms. The molecule has 0 aliphatic heterocycles. The second-order valence-corrected chi connectivity index (χ2v) is 7.68. The van der Waals surface area contributed by atoms with Gasteiger partial charge in [0.25, 0.3) is 0 Å². The van der Waals surface area contributed by atoms with E-state index in [2.05, 4.69) is 114 Å². The number of hydrogen-bond acceptors (Lipinski definition) is 1. The average Bonchev–Trinajstić information content (AvgIpc) is 2.86. The van der Waals surface area contributed by atoms with Gasteiger partial charge < -0.3 is 5.32 Å². The van der Waals surface area contributed by atoms with Crippen LogP contribution in [0.3, 0.4) is 0 Å². The quantitative estimate of drug-likeness (QED) is 0.436. The van der Waals surface area contributed by atoms with Crippen LogP contribution in [0.15, 0.2) is 126 Å². The molecule has 0 saturated heterocycles. The largest absolute Gasteiger partial charge is 0.358 e. The monoisotopic (exact) mass is 397 g/mol. The zero-order valence-electron chi connectivity index (χ0n) is 17.3. The van der Waals surface area contributed by atoms with Crippen molar-refractivity contribution in [2.75, 3.05) is 5.32 Å². The number of para-hydroxylation sites is 1. The number of nitrogens with one attached hydrogen (secondary N) is 1. The minimum absolute atomic E-state index is 0.991. The number of anilines is 1. The zero-order chi connectivity index (χ0) is 20.9. The maximum absolute atomic E-state index is 3.68. The van der Waals surface area contributed by atoms with Gasteiger partial charge in [0, 0.05) is 22.5 Å². The topological polar surface area (TPSA) is 12.0 Å². The predicted octanol–water partition coefficient (Wildman–Crippen LogP) is 7.65. The van der Waals surface area contributed by atoms with E-state index >= 15 is 0 Å². The van der Waals surface area contributed by atoms with Crippen LogP contribution in [0.2, 0.25) is 0 Å². The molecule has 1 heteroatoms. The van der Waals surface area contributed by atoms with Crippen molar-refractivity contribution in [1.82, 2.24) is 0 Å². The van der Waals surface area contributed by atoms with Crippen LogP contribution in [0.1, 0.15) is 29.5 Å². The van der Waals surface area contributed by atoms with Crippen LogP contribution in [0.4, 0.5) is 5.69 Å². The summed E-state index contributed by atoms with van der Waals surface area (Å²) in [6.07, 6.45) is 10.5. The Morgan fingerprint density at radius 3 is 2.10 bits per heavy atom. The second kappa shape index (κ2) is 8.78. The lowest BCUT2D eigenvalue weighted by molar-refractivity contribution is 0.981. The molecule has 0 spiro atoms. The molecule has 3 aromatic rings. The third-order valence-electron chi connectivity index (χ3n) is 5.67. The fourth-order valence-electron chi connectivity index (χ4n) is 4.08. The Labute approximate surface area is 183 Å². The van der Waals surface area contributed by atoms with Gasteiger partial charge in [0.15, 0.2) is 0 Å². The third kappa shape index (κ3) is 4.15. The van der Waals surface area contributed by atoms with Gasteiger partial charge in [-0.3, -0.25) is 0 Å². The Balaban J connectivity index is 1.45. The summed E-state index contributed by atoms with van der Waals surface area (Å²) in [4.78, 5) is 0. The first kappa shape index (κ1) is 19.0. The van der Waals surface area contributed by atoms with Crippen LogP contribution < -0.4 is 5.32 Å². The Kier molecular flexibility index (Phi) is 5.37. The molecule has 148 valence electrons. The number of allylic oxidation sites excluding steroid dienone is 8. The second-order valence-electron chi connectivity index (χ2n) is 7.68. The number of rotatable bonds is 5. The Bertz CT molecular complexity index is 1290. The van der Waals surface area contributed by atoms with Gasteiger partial charge in [0.2, 0.25) is 0 Å². The van der Waals surface area contributed by atoms with E-state index in [4.69, 9.17) is 0 Å². The fraction of sp³-hybridized carbons (Fsp3) is 0.0667. The summed E-state index contributed by atoms with van der Waals surface area (Å²) >= 11 is 0. The number of hydrogen-bond donors (Lipinski definition) is 1. The van der Waals surface area contributed by atoms with E-state index in [1.54, 1.807) is 0 Å². The highest BCUT2D eigenvalue weighted by molar-refractivity contribution is 6.08. The highest BCUT2D eigenvalue weighted by Crippen LogP contribution is 2.36. The molecule has 2 aliphatic rings. The van der Waals surface area contributed by atoms with Crippen molar-refractivity contribution in [2.24, 2.45) is 0 Å². The first-order valence-corrected chi connectivity index (χ1v) is 10.7. The first-order valence-electron chi connectivity index (χ1n) is 10.7. The Morgan fingerprint density at radius 2 is 1.35 bits per heavy atom. The lowest BCUT2D eigenvalue weighted by Gasteiger charge is -2.20. The molecule has 2 aliphatic carbocycles. The van der Waals surface area contributed by atoms with Gasteiger partial charge in [-0.1, -0.05) is 96.4 Å². The summed E-state index contributed by atoms with van der Waals surface area (Å²) in [5.41, 5.74) is 16.1. The molecule has 0 radical (unpaired) electrons. The lowest BCUT2D eigenvalue weighted by atomic mass is 9.90. The maximum Gasteiger partial charge on any atom is 0.0468 e.